The number of methoxy groups -OCH3 is 1. The van der Waals surface area contributed by atoms with E-state index < -0.39 is 0 Å². The van der Waals surface area contributed by atoms with Gasteiger partial charge in [0.25, 0.3) is 5.91 Å². The Labute approximate surface area is 118 Å². The van der Waals surface area contributed by atoms with Gasteiger partial charge in [0, 0.05) is 39.4 Å². The van der Waals surface area contributed by atoms with E-state index in [1.54, 1.807) is 26.3 Å². The monoisotopic (exact) mass is 279 g/mol. The van der Waals surface area contributed by atoms with Crippen molar-refractivity contribution in [1.82, 2.24) is 16.0 Å². The molecule has 3 N–H and O–H groups in total. The zero-order valence-electron chi connectivity index (χ0n) is 11.9. The zero-order chi connectivity index (χ0) is 14.8. The number of hydrogen-bond donors (Lipinski definition) is 3. The lowest BCUT2D eigenvalue weighted by Gasteiger charge is -2.08. The molecule has 0 aliphatic rings. The van der Waals surface area contributed by atoms with Crippen molar-refractivity contribution in [1.29, 1.82) is 0 Å². The summed E-state index contributed by atoms with van der Waals surface area (Å²) in [7, 11) is 3.22. The number of ether oxygens (including phenoxy) is 1. The molecule has 0 fully saturated rings. The van der Waals surface area contributed by atoms with Crippen molar-refractivity contribution in [2.24, 2.45) is 0 Å². The topological polar surface area (TPSA) is 79.5 Å². The lowest BCUT2D eigenvalue weighted by atomic mass is 10.1. The highest BCUT2D eigenvalue weighted by molar-refractivity contribution is 5.93. The van der Waals surface area contributed by atoms with Crippen LogP contribution in [0.2, 0.25) is 0 Å². The van der Waals surface area contributed by atoms with Gasteiger partial charge >= 0.3 is 6.03 Å². The number of carbonyl (C=O) groups excluding carboxylic acids is 2. The van der Waals surface area contributed by atoms with Gasteiger partial charge in [-0.05, 0) is 24.1 Å². The van der Waals surface area contributed by atoms with Crippen molar-refractivity contribution < 1.29 is 14.3 Å². The minimum Gasteiger partial charge on any atom is -0.385 e. The number of benzene rings is 1. The maximum Gasteiger partial charge on any atom is 0.315 e. The number of hydrogen-bond acceptors (Lipinski definition) is 3. The standard InChI is InChI=1S/C14H21N3O3/c1-15-13(18)12-6-4-11(5-7-12)10-17-14(19)16-8-3-9-20-2/h4-7H,3,8-10H2,1-2H3,(H,15,18)(H2,16,17,19). The molecular formula is C14H21N3O3. The molecule has 0 atom stereocenters. The van der Waals surface area contributed by atoms with Crippen LogP contribution in [0.15, 0.2) is 24.3 Å². The normalized spacial score (nSPS) is 9.90. The Morgan fingerprint density at radius 2 is 1.85 bits per heavy atom. The number of carbonyl (C=O) groups is 2. The average molecular weight is 279 g/mol. The van der Waals surface area contributed by atoms with E-state index in [-0.39, 0.29) is 11.9 Å². The van der Waals surface area contributed by atoms with Gasteiger partial charge in [0.1, 0.15) is 0 Å². The first-order valence-electron chi connectivity index (χ1n) is 6.49. The SMILES string of the molecule is CNC(=O)c1ccc(CNC(=O)NCCCOC)cc1. The average Bonchev–Trinajstić information content (AvgIpc) is 2.49. The van der Waals surface area contributed by atoms with Crippen LogP contribution >= 0.6 is 0 Å². The molecule has 0 radical (unpaired) electrons. The molecule has 6 heteroatoms. The number of nitrogens with one attached hydrogen (secondary N) is 3. The highest BCUT2D eigenvalue weighted by Gasteiger charge is 2.03. The minimum atomic E-state index is -0.212. The maximum atomic E-state index is 11.5. The van der Waals surface area contributed by atoms with Crippen molar-refractivity contribution in [2.75, 3.05) is 27.3 Å². The van der Waals surface area contributed by atoms with Gasteiger partial charge in [-0.25, -0.2) is 4.79 Å². The first-order chi connectivity index (χ1) is 9.67. The number of rotatable bonds is 7. The van der Waals surface area contributed by atoms with Gasteiger partial charge in [0.15, 0.2) is 0 Å². The molecule has 1 aromatic rings. The summed E-state index contributed by atoms with van der Waals surface area (Å²) in [5, 5.41) is 8.03. The van der Waals surface area contributed by atoms with E-state index in [4.69, 9.17) is 4.74 Å². The molecule has 0 unspecified atom stereocenters. The van der Waals surface area contributed by atoms with Crippen LogP contribution in [-0.2, 0) is 11.3 Å². The Balaban J connectivity index is 2.31. The van der Waals surface area contributed by atoms with E-state index in [1.165, 1.54) is 0 Å². The molecular weight excluding hydrogens is 258 g/mol. The Hall–Kier alpha value is -2.08. The third-order valence-corrected chi connectivity index (χ3v) is 2.71. The molecule has 0 aliphatic carbocycles. The predicted octanol–water partition coefficient (Wildman–Crippen LogP) is 0.882. The number of amides is 3. The van der Waals surface area contributed by atoms with Crippen LogP contribution in [0.4, 0.5) is 4.79 Å². The summed E-state index contributed by atoms with van der Waals surface area (Å²) in [6, 6.07) is 6.88. The lowest BCUT2D eigenvalue weighted by molar-refractivity contribution is 0.0963. The van der Waals surface area contributed by atoms with E-state index in [0.717, 1.165) is 12.0 Å². The molecule has 0 spiro atoms. The van der Waals surface area contributed by atoms with Gasteiger partial charge in [-0.2, -0.15) is 0 Å². The predicted molar refractivity (Wildman–Crippen MR) is 76.6 cm³/mol. The van der Waals surface area contributed by atoms with Crippen LogP contribution in [0.5, 0.6) is 0 Å². The van der Waals surface area contributed by atoms with Gasteiger partial charge in [-0.1, -0.05) is 12.1 Å². The molecule has 0 aliphatic heterocycles. The van der Waals surface area contributed by atoms with Crippen molar-refractivity contribution in [3.63, 3.8) is 0 Å². The van der Waals surface area contributed by atoms with E-state index in [2.05, 4.69) is 16.0 Å². The summed E-state index contributed by atoms with van der Waals surface area (Å²) in [6.07, 6.45) is 0.782. The van der Waals surface area contributed by atoms with Crippen LogP contribution in [0.1, 0.15) is 22.3 Å². The van der Waals surface area contributed by atoms with Gasteiger partial charge < -0.3 is 20.7 Å². The van der Waals surface area contributed by atoms with Crippen LogP contribution in [0, 0.1) is 0 Å². The largest absolute Gasteiger partial charge is 0.385 e. The van der Waals surface area contributed by atoms with E-state index in [9.17, 15) is 9.59 Å². The second-order valence-electron chi connectivity index (χ2n) is 4.23. The highest BCUT2D eigenvalue weighted by atomic mass is 16.5. The third kappa shape index (κ3) is 5.71. The molecule has 1 aromatic carbocycles. The summed E-state index contributed by atoms with van der Waals surface area (Å²) in [5.74, 6) is -0.125. The van der Waals surface area contributed by atoms with Gasteiger partial charge in [0.05, 0.1) is 0 Å². The Morgan fingerprint density at radius 1 is 1.15 bits per heavy atom. The highest BCUT2D eigenvalue weighted by Crippen LogP contribution is 2.04. The molecule has 110 valence electrons. The zero-order valence-corrected chi connectivity index (χ0v) is 11.9. The Kier molecular flexibility index (Phi) is 7.13. The Morgan fingerprint density at radius 3 is 2.45 bits per heavy atom. The smallest absolute Gasteiger partial charge is 0.315 e. The van der Waals surface area contributed by atoms with Crippen molar-refractivity contribution in [2.45, 2.75) is 13.0 Å². The van der Waals surface area contributed by atoms with E-state index in [0.29, 0.717) is 25.3 Å². The second-order valence-corrected chi connectivity index (χ2v) is 4.23. The Bertz CT molecular complexity index is 432. The molecule has 0 saturated carbocycles. The van der Waals surface area contributed by atoms with E-state index in [1.807, 2.05) is 12.1 Å². The summed E-state index contributed by atoms with van der Waals surface area (Å²) < 4.78 is 4.89. The van der Waals surface area contributed by atoms with Crippen molar-refractivity contribution in [3.05, 3.63) is 35.4 Å². The van der Waals surface area contributed by atoms with Crippen molar-refractivity contribution >= 4 is 11.9 Å². The third-order valence-electron chi connectivity index (χ3n) is 2.71. The number of urea groups is 1. The molecule has 3 amide bonds. The molecule has 0 aromatic heterocycles. The molecule has 0 heterocycles. The van der Waals surface area contributed by atoms with Gasteiger partial charge in [0.2, 0.25) is 0 Å². The molecule has 20 heavy (non-hydrogen) atoms. The van der Waals surface area contributed by atoms with E-state index >= 15 is 0 Å². The fourth-order valence-corrected chi connectivity index (χ4v) is 1.58. The minimum absolute atomic E-state index is 0.125. The summed E-state index contributed by atoms with van der Waals surface area (Å²) in [4.78, 5) is 22.8. The summed E-state index contributed by atoms with van der Waals surface area (Å²) in [5.41, 5.74) is 1.53. The molecule has 1 rings (SSSR count). The first kappa shape index (κ1) is 16.0. The fraction of sp³-hybridized carbons (Fsp3) is 0.429. The van der Waals surface area contributed by atoms with Crippen LogP contribution in [-0.4, -0.2) is 39.2 Å². The molecule has 6 nitrogen and oxygen atoms in total. The maximum absolute atomic E-state index is 11.5. The molecule has 0 saturated heterocycles. The van der Waals surface area contributed by atoms with Crippen LogP contribution < -0.4 is 16.0 Å². The summed E-state index contributed by atoms with van der Waals surface area (Å²) in [6.45, 7) is 1.63. The van der Waals surface area contributed by atoms with Gasteiger partial charge in [-0.15, -0.1) is 0 Å². The van der Waals surface area contributed by atoms with Crippen LogP contribution in [0.25, 0.3) is 0 Å². The fourth-order valence-electron chi connectivity index (χ4n) is 1.58. The molecule has 0 bridgehead atoms. The summed E-state index contributed by atoms with van der Waals surface area (Å²) >= 11 is 0. The lowest BCUT2D eigenvalue weighted by Crippen LogP contribution is -2.35. The van der Waals surface area contributed by atoms with Crippen molar-refractivity contribution in [3.8, 4) is 0 Å². The van der Waals surface area contributed by atoms with Crippen LogP contribution in [0.3, 0.4) is 0 Å². The second kappa shape index (κ2) is 8.92. The first-order valence-corrected chi connectivity index (χ1v) is 6.49. The van der Waals surface area contributed by atoms with Gasteiger partial charge in [-0.3, -0.25) is 4.79 Å². The quantitative estimate of drug-likeness (QED) is 0.648.